The molecule has 0 aliphatic carbocycles. The molecule has 1 heterocycles. The van der Waals surface area contributed by atoms with Gasteiger partial charge in [-0.25, -0.2) is 0 Å². The summed E-state index contributed by atoms with van der Waals surface area (Å²) in [5.74, 6) is -0.603. The molecule has 6 nitrogen and oxygen atoms in total. The number of hydrogen-bond donors (Lipinski definition) is 2. The third kappa shape index (κ3) is 5.06. The van der Waals surface area contributed by atoms with Crippen LogP contribution < -0.4 is 10.6 Å². The summed E-state index contributed by atoms with van der Waals surface area (Å²) >= 11 is 0. The van der Waals surface area contributed by atoms with E-state index < -0.39 is 0 Å². The van der Waals surface area contributed by atoms with Crippen molar-refractivity contribution < 1.29 is 14.4 Å². The zero-order valence-electron chi connectivity index (χ0n) is 17.8. The predicted molar refractivity (Wildman–Crippen MR) is 116 cm³/mol. The standard InChI is InChI=1S/C24H29N3O3/c1-16-9-10-20(17(2)13-16)24(30)26-15-21(18-7-5-4-6-8-18)27(3)22(28)14-19-11-12-25-23(19)29/h4-10,13,19,21H,11-12,14-15H2,1-3H3,(H,25,29)(H,26,30). The van der Waals surface area contributed by atoms with Gasteiger partial charge in [-0.1, -0.05) is 48.0 Å². The van der Waals surface area contributed by atoms with E-state index in [2.05, 4.69) is 10.6 Å². The topological polar surface area (TPSA) is 78.5 Å². The van der Waals surface area contributed by atoms with Crippen molar-refractivity contribution in [2.45, 2.75) is 32.7 Å². The third-order valence-electron chi connectivity index (χ3n) is 5.71. The van der Waals surface area contributed by atoms with Crippen molar-refractivity contribution in [3.8, 4) is 0 Å². The summed E-state index contributed by atoms with van der Waals surface area (Å²) in [7, 11) is 1.73. The zero-order chi connectivity index (χ0) is 21.7. The van der Waals surface area contributed by atoms with E-state index in [4.69, 9.17) is 0 Å². The molecule has 0 aromatic heterocycles. The van der Waals surface area contributed by atoms with Crippen LogP contribution >= 0.6 is 0 Å². The van der Waals surface area contributed by atoms with E-state index >= 15 is 0 Å². The molecule has 30 heavy (non-hydrogen) atoms. The highest BCUT2D eigenvalue weighted by atomic mass is 16.2. The van der Waals surface area contributed by atoms with Crippen LogP contribution in [0, 0.1) is 19.8 Å². The summed E-state index contributed by atoms with van der Waals surface area (Å²) in [4.78, 5) is 39.2. The van der Waals surface area contributed by atoms with Gasteiger partial charge in [0.05, 0.1) is 6.04 Å². The Hall–Kier alpha value is -3.15. The molecule has 0 spiro atoms. The maximum atomic E-state index is 12.9. The normalized spacial score (nSPS) is 16.6. The second-order valence-corrected chi connectivity index (χ2v) is 7.94. The van der Waals surface area contributed by atoms with Gasteiger partial charge in [0.2, 0.25) is 11.8 Å². The number of benzene rings is 2. The van der Waals surface area contributed by atoms with Gasteiger partial charge >= 0.3 is 0 Å². The minimum Gasteiger partial charge on any atom is -0.356 e. The lowest BCUT2D eigenvalue weighted by molar-refractivity contribution is -0.135. The maximum Gasteiger partial charge on any atom is 0.251 e. The number of carbonyl (C=O) groups excluding carboxylic acids is 3. The van der Waals surface area contributed by atoms with Crippen molar-refractivity contribution in [1.29, 1.82) is 0 Å². The predicted octanol–water partition coefficient (Wildman–Crippen LogP) is 2.76. The average molecular weight is 408 g/mol. The first kappa shape index (κ1) is 21.6. The fraction of sp³-hybridized carbons (Fsp3) is 0.375. The van der Waals surface area contributed by atoms with Crippen LogP contribution in [-0.4, -0.2) is 42.8 Å². The molecule has 2 N–H and O–H groups in total. The van der Waals surface area contributed by atoms with E-state index in [0.29, 0.717) is 18.5 Å². The van der Waals surface area contributed by atoms with Crippen molar-refractivity contribution >= 4 is 17.7 Å². The summed E-state index contributed by atoms with van der Waals surface area (Å²) in [6.45, 7) is 4.81. The summed E-state index contributed by atoms with van der Waals surface area (Å²) in [5.41, 5.74) is 3.59. The van der Waals surface area contributed by atoms with Crippen molar-refractivity contribution in [2.24, 2.45) is 5.92 Å². The van der Waals surface area contributed by atoms with E-state index in [9.17, 15) is 14.4 Å². The largest absolute Gasteiger partial charge is 0.356 e. The van der Waals surface area contributed by atoms with Gasteiger partial charge in [-0.3, -0.25) is 14.4 Å². The molecular weight excluding hydrogens is 378 g/mol. The minimum atomic E-state index is -0.321. The SMILES string of the molecule is Cc1ccc(C(=O)NCC(c2ccccc2)N(C)C(=O)CC2CCNC2=O)c(C)c1. The highest BCUT2D eigenvalue weighted by molar-refractivity contribution is 5.95. The number of rotatable bonds is 7. The lowest BCUT2D eigenvalue weighted by Gasteiger charge is -2.29. The van der Waals surface area contributed by atoms with Gasteiger partial charge in [-0.05, 0) is 37.5 Å². The number of nitrogens with zero attached hydrogens (tertiary/aromatic N) is 1. The molecule has 158 valence electrons. The molecule has 0 bridgehead atoms. The molecule has 2 aromatic rings. The Bertz CT molecular complexity index is 927. The Morgan fingerprint density at radius 1 is 1.17 bits per heavy atom. The smallest absolute Gasteiger partial charge is 0.251 e. The number of amides is 3. The van der Waals surface area contributed by atoms with E-state index in [-0.39, 0.29) is 42.6 Å². The van der Waals surface area contributed by atoms with Crippen LogP contribution in [0.5, 0.6) is 0 Å². The molecule has 1 aliphatic rings. The van der Waals surface area contributed by atoms with E-state index in [1.165, 1.54) is 0 Å². The van der Waals surface area contributed by atoms with Crippen molar-refractivity contribution in [3.63, 3.8) is 0 Å². The monoisotopic (exact) mass is 407 g/mol. The molecule has 3 rings (SSSR count). The highest BCUT2D eigenvalue weighted by Gasteiger charge is 2.30. The Morgan fingerprint density at radius 3 is 2.53 bits per heavy atom. The van der Waals surface area contributed by atoms with E-state index in [1.807, 2.05) is 62.4 Å². The zero-order valence-corrected chi connectivity index (χ0v) is 17.8. The molecule has 3 amide bonds. The first-order valence-electron chi connectivity index (χ1n) is 10.3. The number of aryl methyl sites for hydroxylation is 2. The first-order valence-corrected chi connectivity index (χ1v) is 10.3. The first-order chi connectivity index (χ1) is 14.4. The van der Waals surface area contributed by atoms with Crippen LogP contribution in [0.25, 0.3) is 0 Å². The molecular formula is C24H29N3O3. The van der Waals surface area contributed by atoms with Gasteiger partial charge in [-0.15, -0.1) is 0 Å². The number of hydrogen-bond acceptors (Lipinski definition) is 3. The number of likely N-dealkylation sites (N-methyl/N-ethyl adjacent to an activating group) is 1. The molecule has 0 saturated carbocycles. The number of nitrogens with one attached hydrogen (secondary N) is 2. The fourth-order valence-electron chi connectivity index (χ4n) is 3.87. The van der Waals surface area contributed by atoms with E-state index in [0.717, 1.165) is 16.7 Å². The molecule has 2 aromatic carbocycles. The second kappa shape index (κ2) is 9.57. The second-order valence-electron chi connectivity index (χ2n) is 7.94. The van der Waals surface area contributed by atoms with Crippen molar-refractivity contribution in [1.82, 2.24) is 15.5 Å². The third-order valence-corrected chi connectivity index (χ3v) is 5.71. The Morgan fingerprint density at radius 2 is 1.90 bits per heavy atom. The number of carbonyl (C=O) groups is 3. The van der Waals surface area contributed by atoms with Crippen molar-refractivity contribution in [2.75, 3.05) is 20.1 Å². The van der Waals surface area contributed by atoms with Gasteiger partial charge in [-0.2, -0.15) is 0 Å². The molecule has 6 heteroatoms. The summed E-state index contributed by atoms with van der Waals surface area (Å²) in [5, 5.41) is 5.76. The molecule has 2 atom stereocenters. The molecule has 1 aliphatic heterocycles. The fourth-order valence-corrected chi connectivity index (χ4v) is 3.87. The quantitative estimate of drug-likeness (QED) is 0.741. The molecule has 1 saturated heterocycles. The maximum absolute atomic E-state index is 12.9. The van der Waals surface area contributed by atoms with Gasteiger partial charge < -0.3 is 15.5 Å². The average Bonchev–Trinajstić information content (AvgIpc) is 3.13. The van der Waals surface area contributed by atoms with Crippen LogP contribution in [0.2, 0.25) is 0 Å². The van der Waals surface area contributed by atoms with Crippen LogP contribution in [0.15, 0.2) is 48.5 Å². The summed E-state index contributed by atoms with van der Waals surface area (Å²) in [6.07, 6.45) is 0.856. The lowest BCUT2D eigenvalue weighted by Crippen LogP contribution is -2.40. The van der Waals surface area contributed by atoms with Crippen LogP contribution in [-0.2, 0) is 9.59 Å². The molecule has 0 radical (unpaired) electrons. The Balaban J connectivity index is 1.73. The minimum absolute atomic E-state index is 0.0591. The van der Waals surface area contributed by atoms with Gasteiger partial charge in [0.15, 0.2) is 0 Å². The highest BCUT2D eigenvalue weighted by Crippen LogP contribution is 2.23. The molecule has 2 unspecified atom stereocenters. The van der Waals surface area contributed by atoms with Gasteiger partial charge in [0, 0.05) is 38.0 Å². The summed E-state index contributed by atoms with van der Waals surface area (Å²) < 4.78 is 0. The Kier molecular flexibility index (Phi) is 6.87. The summed E-state index contributed by atoms with van der Waals surface area (Å²) in [6, 6.07) is 15.0. The van der Waals surface area contributed by atoms with Gasteiger partial charge in [0.1, 0.15) is 0 Å². The van der Waals surface area contributed by atoms with Crippen LogP contribution in [0.3, 0.4) is 0 Å². The van der Waals surface area contributed by atoms with Crippen molar-refractivity contribution in [3.05, 3.63) is 70.8 Å². The van der Waals surface area contributed by atoms with Crippen LogP contribution in [0.4, 0.5) is 0 Å². The Labute approximate surface area is 177 Å². The molecule has 1 fully saturated rings. The van der Waals surface area contributed by atoms with Gasteiger partial charge in [0.25, 0.3) is 5.91 Å². The van der Waals surface area contributed by atoms with E-state index in [1.54, 1.807) is 11.9 Å². The lowest BCUT2D eigenvalue weighted by atomic mass is 10.0. The van der Waals surface area contributed by atoms with Crippen LogP contribution in [0.1, 0.15) is 45.9 Å².